The predicted molar refractivity (Wildman–Crippen MR) is 119 cm³/mol. The number of likely N-dealkylation sites (tertiary alicyclic amines) is 1. The summed E-state index contributed by atoms with van der Waals surface area (Å²) in [7, 11) is 0. The normalized spacial score (nSPS) is 16.6. The summed E-state index contributed by atoms with van der Waals surface area (Å²) in [5.74, 6) is 2.00. The minimum Gasteiger partial charge on any atom is -0.465 e. The summed E-state index contributed by atoms with van der Waals surface area (Å²) in [5.41, 5.74) is 0.144. The van der Waals surface area contributed by atoms with Gasteiger partial charge in [0.25, 0.3) is 5.91 Å². The Morgan fingerprint density at radius 2 is 1.97 bits per heavy atom. The predicted octanol–water partition coefficient (Wildman–Crippen LogP) is 4.66. The number of furan rings is 1. The van der Waals surface area contributed by atoms with Crippen molar-refractivity contribution in [3.63, 3.8) is 0 Å². The van der Waals surface area contributed by atoms with Crippen molar-refractivity contribution in [3.05, 3.63) is 68.4 Å². The highest BCUT2D eigenvalue weighted by Gasteiger charge is 2.27. The lowest BCUT2D eigenvalue weighted by atomic mass is 9.97. The fourth-order valence-electron chi connectivity index (χ4n) is 3.90. The molecule has 0 radical (unpaired) electrons. The molecule has 0 unspecified atom stereocenters. The average Bonchev–Trinajstić information content (AvgIpc) is 3.15. The lowest BCUT2D eigenvalue weighted by Crippen LogP contribution is -2.41. The van der Waals surface area contributed by atoms with Gasteiger partial charge in [0.2, 0.25) is 0 Å². The van der Waals surface area contributed by atoms with Crippen LogP contribution in [-0.2, 0) is 0 Å². The van der Waals surface area contributed by atoms with Crippen LogP contribution < -0.4 is 10.7 Å². The number of rotatable bonds is 5. The molecule has 4 rings (SSSR count). The van der Waals surface area contributed by atoms with Crippen LogP contribution in [0.15, 0.2) is 54.5 Å². The van der Waals surface area contributed by atoms with Crippen LogP contribution in [0.3, 0.4) is 0 Å². The van der Waals surface area contributed by atoms with Gasteiger partial charge in [0.15, 0.2) is 11.2 Å². The highest BCUT2D eigenvalue weighted by Crippen LogP contribution is 2.28. The molecule has 7 heteroatoms. The Balaban J connectivity index is 1.53. The van der Waals surface area contributed by atoms with Gasteiger partial charge in [-0.1, -0.05) is 22.9 Å². The molecule has 6 nitrogen and oxygen atoms in total. The van der Waals surface area contributed by atoms with Crippen molar-refractivity contribution < 1.29 is 13.6 Å². The molecule has 3 heterocycles. The SMILES string of the molecule is Cc1ccc([C@H](CNC(=O)c2cc(=O)c3cc(Br)ccc3o2)N2CCC(C)CC2)o1. The van der Waals surface area contributed by atoms with Crippen molar-refractivity contribution in [2.75, 3.05) is 19.6 Å². The summed E-state index contributed by atoms with van der Waals surface area (Å²) in [6.07, 6.45) is 2.25. The monoisotopic (exact) mass is 472 g/mol. The van der Waals surface area contributed by atoms with E-state index in [0.717, 1.165) is 41.9 Å². The van der Waals surface area contributed by atoms with Crippen LogP contribution in [0, 0.1) is 12.8 Å². The molecule has 0 spiro atoms. The summed E-state index contributed by atoms with van der Waals surface area (Å²) in [6.45, 7) is 6.48. The molecule has 0 bridgehead atoms. The van der Waals surface area contributed by atoms with E-state index >= 15 is 0 Å². The number of hydrogen-bond donors (Lipinski definition) is 1. The number of piperidine rings is 1. The average molecular weight is 473 g/mol. The van der Waals surface area contributed by atoms with Crippen molar-refractivity contribution in [2.45, 2.75) is 32.7 Å². The smallest absolute Gasteiger partial charge is 0.287 e. The van der Waals surface area contributed by atoms with Crippen LogP contribution in [0.2, 0.25) is 0 Å². The first kappa shape index (κ1) is 20.9. The van der Waals surface area contributed by atoms with Gasteiger partial charge in [-0.2, -0.15) is 0 Å². The number of benzene rings is 1. The molecule has 1 aromatic carbocycles. The Morgan fingerprint density at radius 1 is 1.20 bits per heavy atom. The standard InChI is InChI=1S/C23H25BrN2O4/c1-14-7-9-26(10-8-14)18(21-5-3-15(2)29-21)13-25-23(28)22-12-19(27)17-11-16(24)4-6-20(17)30-22/h3-6,11-12,14,18H,7-10,13H2,1-2H3,(H,25,28)/t18-/m0/s1. The molecule has 3 aromatic rings. The Bertz CT molecular complexity index is 1110. The van der Waals surface area contributed by atoms with E-state index in [1.165, 1.54) is 6.07 Å². The third kappa shape index (κ3) is 4.52. The van der Waals surface area contributed by atoms with Crippen molar-refractivity contribution in [1.82, 2.24) is 10.2 Å². The zero-order valence-corrected chi connectivity index (χ0v) is 18.7. The highest BCUT2D eigenvalue weighted by molar-refractivity contribution is 9.10. The van der Waals surface area contributed by atoms with E-state index in [4.69, 9.17) is 8.83 Å². The number of aryl methyl sites for hydroxylation is 1. The quantitative estimate of drug-likeness (QED) is 0.584. The third-order valence-electron chi connectivity index (χ3n) is 5.72. The van der Waals surface area contributed by atoms with Crippen molar-refractivity contribution in [2.24, 2.45) is 5.92 Å². The van der Waals surface area contributed by atoms with E-state index in [2.05, 4.69) is 33.1 Å². The molecule has 0 aliphatic carbocycles. The lowest BCUT2D eigenvalue weighted by Gasteiger charge is -2.35. The molecular weight excluding hydrogens is 448 g/mol. The molecule has 1 saturated heterocycles. The fraction of sp³-hybridized carbons (Fsp3) is 0.391. The minimum absolute atomic E-state index is 0.0106. The number of carbonyl (C=O) groups excluding carboxylic acids is 1. The van der Waals surface area contributed by atoms with Gasteiger partial charge in [-0.3, -0.25) is 14.5 Å². The highest BCUT2D eigenvalue weighted by atomic mass is 79.9. The van der Waals surface area contributed by atoms with Crippen LogP contribution in [0.4, 0.5) is 0 Å². The Morgan fingerprint density at radius 3 is 2.67 bits per heavy atom. The number of nitrogens with zero attached hydrogens (tertiary/aromatic N) is 1. The number of fused-ring (bicyclic) bond motifs is 1. The number of carbonyl (C=O) groups is 1. The first-order valence-corrected chi connectivity index (χ1v) is 11.0. The van der Waals surface area contributed by atoms with E-state index in [0.29, 0.717) is 23.4 Å². The summed E-state index contributed by atoms with van der Waals surface area (Å²) < 4.78 is 12.4. The maximum absolute atomic E-state index is 12.8. The molecule has 2 aromatic heterocycles. The summed E-state index contributed by atoms with van der Waals surface area (Å²) in [5, 5.41) is 3.37. The molecule has 158 valence electrons. The third-order valence-corrected chi connectivity index (χ3v) is 6.21. The van der Waals surface area contributed by atoms with E-state index in [1.54, 1.807) is 18.2 Å². The number of hydrogen-bond acceptors (Lipinski definition) is 5. The first-order chi connectivity index (χ1) is 14.4. The van der Waals surface area contributed by atoms with Gasteiger partial charge >= 0.3 is 0 Å². The summed E-state index contributed by atoms with van der Waals surface area (Å²) in [4.78, 5) is 27.5. The summed E-state index contributed by atoms with van der Waals surface area (Å²) >= 11 is 3.35. The molecule has 1 N–H and O–H groups in total. The van der Waals surface area contributed by atoms with Gasteiger partial charge < -0.3 is 14.2 Å². The van der Waals surface area contributed by atoms with Gasteiger partial charge in [0.1, 0.15) is 17.1 Å². The van der Waals surface area contributed by atoms with Crippen LogP contribution in [0.25, 0.3) is 11.0 Å². The molecule has 0 saturated carbocycles. The van der Waals surface area contributed by atoms with Gasteiger partial charge in [-0.15, -0.1) is 0 Å². The Hall–Kier alpha value is -2.38. The van der Waals surface area contributed by atoms with Crippen molar-refractivity contribution >= 4 is 32.8 Å². The van der Waals surface area contributed by atoms with E-state index in [1.807, 2.05) is 19.1 Å². The molecule has 30 heavy (non-hydrogen) atoms. The van der Waals surface area contributed by atoms with Crippen LogP contribution >= 0.6 is 15.9 Å². The molecule has 1 aliphatic heterocycles. The summed E-state index contributed by atoms with van der Waals surface area (Å²) in [6, 6.07) is 10.3. The topological polar surface area (TPSA) is 75.7 Å². The zero-order valence-electron chi connectivity index (χ0n) is 17.1. The molecule has 1 aliphatic rings. The second kappa shape index (κ2) is 8.78. The maximum Gasteiger partial charge on any atom is 0.287 e. The molecule has 1 amide bonds. The fourth-order valence-corrected chi connectivity index (χ4v) is 4.26. The number of nitrogens with one attached hydrogen (secondary N) is 1. The molecule has 1 atom stereocenters. The zero-order chi connectivity index (χ0) is 21.3. The van der Waals surface area contributed by atoms with E-state index in [-0.39, 0.29) is 17.2 Å². The van der Waals surface area contributed by atoms with Gasteiger partial charge in [-0.05, 0) is 69.1 Å². The number of amides is 1. The first-order valence-electron chi connectivity index (χ1n) is 10.2. The van der Waals surface area contributed by atoms with E-state index < -0.39 is 5.91 Å². The lowest BCUT2D eigenvalue weighted by molar-refractivity contribution is 0.0870. The van der Waals surface area contributed by atoms with Crippen LogP contribution in [0.1, 0.15) is 47.9 Å². The van der Waals surface area contributed by atoms with Crippen LogP contribution in [-0.4, -0.2) is 30.4 Å². The van der Waals surface area contributed by atoms with Gasteiger partial charge in [0.05, 0.1) is 11.4 Å². The molecular formula is C23H25BrN2O4. The largest absolute Gasteiger partial charge is 0.465 e. The van der Waals surface area contributed by atoms with E-state index in [9.17, 15) is 9.59 Å². The number of halogens is 1. The Kier molecular flexibility index (Phi) is 6.11. The minimum atomic E-state index is -0.407. The van der Waals surface area contributed by atoms with Crippen molar-refractivity contribution in [1.29, 1.82) is 0 Å². The van der Waals surface area contributed by atoms with Gasteiger partial charge in [-0.25, -0.2) is 0 Å². The van der Waals surface area contributed by atoms with Crippen molar-refractivity contribution in [3.8, 4) is 0 Å². The van der Waals surface area contributed by atoms with Crippen LogP contribution in [0.5, 0.6) is 0 Å². The maximum atomic E-state index is 12.8. The van der Waals surface area contributed by atoms with Gasteiger partial charge in [0, 0.05) is 17.1 Å². The Labute approximate surface area is 183 Å². The molecule has 1 fully saturated rings. The second-order valence-electron chi connectivity index (χ2n) is 8.01. The second-order valence-corrected chi connectivity index (χ2v) is 8.92.